The van der Waals surface area contributed by atoms with Crippen LogP contribution in [0.15, 0.2) is 24.4 Å². The van der Waals surface area contributed by atoms with Gasteiger partial charge in [0.2, 0.25) is 0 Å². The van der Waals surface area contributed by atoms with Gasteiger partial charge in [-0.2, -0.15) is 0 Å². The van der Waals surface area contributed by atoms with Crippen molar-refractivity contribution >= 4 is 34.4 Å². The van der Waals surface area contributed by atoms with E-state index in [4.69, 9.17) is 21.1 Å². The summed E-state index contributed by atoms with van der Waals surface area (Å²) in [6, 6.07) is 6.46. The van der Waals surface area contributed by atoms with Gasteiger partial charge in [-0.1, -0.05) is 23.7 Å². The van der Waals surface area contributed by atoms with Gasteiger partial charge in [0.25, 0.3) is 5.91 Å². The van der Waals surface area contributed by atoms with E-state index in [9.17, 15) is 9.59 Å². The zero-order valence-electron chi connectivity index (χ0n) is 17.9. The van der Waals surface area contributed by atoms with Crippen molar-refractivity contribution in [3.05, 3.63) is 35.0 Å². The minimum absolute atomic E-state index is 0.0673. The maximum atomic E-state index is 13.1. The molecule has 0 spiro atoms. The first-order valence-corrected chi connectivity index (χ1v) is 11.5. The number of benzene rings is 1. The number of fused-ring (bicyclic) bond motifs is 1. The second kappa shape index (κ2) is 10.0. The average Bonchev–Trinajstić information content (AvgIpc) is 3.57. The molecule has 2 fully saturated rings. The van der Waals surface area contributed by atoms with E-state index < -0.39 is 6.10 Å². The van der Waals surface area contributed by atoms with Gasteiger partial charge in [-0.15, -0.1) is 0 Å². The Labute approximate surface area is 187 Å². The minimum atomic E-state index is -0.403. The minimum Gasteiger partial charge on any atom is -0.466 e. The van der Waals surface area contributed by atoms with Gasteiger partial charge in [-0.25, -0.2) is 0 Å². The molecule has 0 bridgehead atoms. The number of aromatic nitrogens is 1. The molecule has 1 N–H and O–H groups in total. The summed E-state index contributed by atoms with van der Waals surface area (Å²) in [4.78, 5) is 26.7. The highest BCUT2D eigenvalue weighted by Crippen LogP contribution is 2.31. The van der Waals surface area contributed by atoms with E-state index in [1.807, 2.05) is 30.2 Å². The summed E-state index contributed by atoms with van der Waals surface area (Å²) < 4.78 is 12.8. The Kier molecular flexibility index (Phi) is 7.15. The van der Waals surface area contributed by atoms with Crippen LogP contribution in [0.3, 0.4) is 0 Å². The molecule has 2 aliphatic rings. The number of ether oxygens (including phenoxy) is 2. The predicted octanol–water partition coefficient (Wildman–Crippen LogP) is 3.12. The van der Waals surface area contributed by atoms with Crippen molar-refractivity contribution in [2.75, 3.05) is 26.3 Å². The molecule has 1 saturated heterocycles. The molecule has 1 saturated carbocycles. The number of aryl methyl sites for hydroxylation is 1. The Balaban J connectivity index is 1.48. The van der Waals surface area contributed by atoms with Gasteiger partial charge in [0.05, 0.1) is 18.2 Å². The number of morpholine rings is 1. The summed E-state index contributed by atoms with van der Waals surface area (Å²) in [6.07, 6.45) is 4.66. The van der Waals surface area contributed by atoms with Crippen LogP contribution >= 0.6 is 11.6 Å². The molecule has 168 valence electrons. The van der Waals surface area contributed by atoms with Crippen molar-refractivity contribution in [3.63, 3.8) is 0 Å². The van der Waals surface area contributed by atoms with Gasteiger partial charge in [-0.3, -0.25) is 9.59 Å². The Hall–Kier alpha value is -2.09. The molecule has 31 heavy (non-hydrogen) atoms. The number of amides is 1. The highest BCUT2D eigenvalue weighted by Gasteiger charge is 2.36. The van der Waals surface area contributed by atoms with Gasteiger partial charge in [-0.05, 0) is 37.8 Å². The molecular formula is C23H30ClN3O4. The number of nitrogens with zero attached hydrogens (tertiary/aromatic N) is 2. The zero-order valence-corrected chi connectivity index (χ0v) is 18.7. The lowest BCUT2D eigenvalue weighted by Gasteiger charge is -2.30. The summed E-state index contributed by atoms with van der Waals surface area (Å²) in [5.41, 5.74) is 2.09. The maximum Gasteiger partial charge on any atom is 0.305 e. The lowest BCUT2D eigenvalue weighted by atomic mass is 10.1. The molecule has 1 unspecified atom stereocenters. The molecular weight excluding hydrogens is 418 g/mol. The first-order valence-electron chi connectivity index (χ1n) is 11.1. The van der Waals surface area contributed by atoms with Gasteiger partial charge in [0, 0.05) is 55.7 Å². The third-order valence-corrected chi connectivity index (χ3v) is 6.11. The van der Waals surface area contributed by atoms with Crippen LogP contribution in [0, 0.1) is 0 Å². The summed E-state index contributed by atoms with van der Waals surface area (Å²) in [6.45, 7) is 5.38. The van der Waals surface area contributed by atoms with E-state index in [0.29, 0.717) is 56.8 Å². The van der Waals surface area contributed by atoms with Crippen LogP contribution in [-0.2, 0) is 32.2 Å². The van der Waals surface area contributed by atoms with E-state index in [0.717, 1.165) is 35.9 Å². The van der Waals surface area contributed by atoms with Crippen LogP contribution in [0.25, 0.3) is 10.9 Å². The fourth-order valence-electron chi connectivity index (χ4n) is 4.08. The van der Waals surface area contributed by atoms with Crippen LogP contribution in [0.4, 0.5) is 0 Å². The summed E-state index contributed by atoms with van der Waals surface area (Å²) in [5, 5.41) is 4.91. The average molecular weight is 448 g/mol. The fourth-order valence-corrected chi connectivity index (χ4v) is 4.36. The quantitative estimate of drug-likeness (QED) is 0.598. The number of hydrogen-bond acceptors (Lipinski definition) is 5. The Morgan fingerprint density at radius 2 is 2.19 bits per heavy atom. The van der Waals surface area contributed by atoms with E-state index in [-0.39, 0.29) is 11.9 Å². The molecule has 2 aromatic rings. The lowest BCUT2D eigenvalue weighted by Crippen LogP contribution is -2.49. The largest absolute Gasteiger partial charge is 0.466 e. The van der Waals surface area contributed by atoms with Gasteiger partial charge in [0.1, 0.15) is 6.10 Å². The molecule has 7 nitrogen and oxygen atoms in total. The van der Waals surface area contributed by atoms with Crippen LogP contribution in [0.1, 0.15) is 38.2 Å². The van der Waals surface area contributed by atoms with Crippen LogP contribution < -0.4 is 5.32 Å². The summed E-state index contributed by atoms with van der Waals surface area (Å²) in [7, 11) is 0. The molecule has 1 amide bonds. The molecule has 1 aromatic carbocycles. The van der Waals surface area contributed by atoms with Crippen molar-refractivity contribution in [2.45, 2.75) is 57.8 Å². The molecule has 1 aliphatic carbocycles. The fraction of sp³-hybridized carbons (Fsp3) is 0.565. The number of esters is 1. The number of carbonyl (C=O) groups excluding carboxylic acids is 2. The van der Waals surface area contributed by atoms with Gasteiger partial charge in [0.15, 0.2) is 0 Å². The lowest BCUT2D eigenvalue weighted by molar-refractivity contribution is -0.146. The zero-order chi connectivity index (χ0) is 21.8. The van der Waals surface area contributed by atoms with E-state index >= 15 is 0 Å². The third kappa shape index (κ3) is 5.40. The Bertz CT molecular complexity index is 934. The van der Waals surface area contributed by atoms with E-state index in [1.165, 1.54) is 0 Å². The first-order chi connectivity index (χ1) is 15.1. The van der Waals surface area contributed by atoms with Crippen LogP contribution in [-0.4, -0.2) is 59.8 Å². The smallest absolute Gasteiger partial charge is 0.305 e. The normalized spacial score (nSPS) is 18.8. The monoisotopic (exact) mass is 447 g/mol. The van der Waals surface area contributed by atoms with E-state index in [1.54, 1.807) is 0 Å². The maximum absolute atomic E-state index is 13.1. The highest BCUT2D eigenvalue weighted by atomic mass is 35.5. The molecule has 1 aromatic heterocycles. The van der Waals surface area contributed by atoms with Gasteiger partial charge < -0.3 is 24.3 Å². The number of hydrogen-bond donors (Lipinski definition) is 1. The highest BCUT2D eigenvalue weighted by molar-refractivity contribution is 6.35. The Morgan fingerprint density at radius 1 is 1.35 bits per heavy atom. The molecule has 8 heteroatoms. The molecule has 0 radical (unpaired) electrons. The van der Waals surface area contributed by atoms with Crippen LogP contribution in [0.2, 0.25) is 5.02 Å². The number of halogens is 1. The third-order valence-electron chi connectivity index (χ3n) is 5.81. The summed E-state index contributed by atoms with van der Waals surface area (Å²) >= 11 is 6.44. The SMILES string of the molecule is CCOC(=O)CCCn1cc(Cl)c2ccc(CN(C(=O)C3CNCCO3)C3CC3)cc21. The second-order valence-electron chi connectivity index (χ2n) is 8.19. The van der Waals surface area contributed by atoms with Crippen LogP contribution in [0.5, 0.6) is 0 Å². The van der Waals surface area contributed by atoms with Crippen molar-refractivity contribution in [1.29, 1.82) is 0 Å². The number of nitrogens with one attached hydrogen (secondary N) is 1. The molecule has 2 heterocycles. The van der Waals surface area contributed by atoms with Crippen molar-refractivity contribution in [1.82, 2.24) is 14.8 Å². The molecule has 1 aliphatic heterocycles. The second-order valence-corrected chi connectivity index (χ2v) is 8.60. The molecule has 4 rings (SSSR count). The van der Waals surface area contributed by atoms with E-state index in [2.05, 4.69) is 16.0 Å². The topological polar surface area (TPSA) is 72.8 Å². The standard InChI is InChI=1S/C23H30ClN3O4/c1-2-30-22(28)4-3-10-26-15-19(24)18-8-5-16(12-20(18)26)14-27(17-6-7-17)23(29)21-13-25-9-11-31-21/h5,8,12,15,17,21,25H,2-4,6-7,9-11,13-14H2,1H3. The number of rotatable bonds is 9. The van der Waals surface area contributed by atoms with Crippen molar-refractivity contribution in [2.24, 2.45) is 0 Å². The van der Waals surface area contributed by atoms with Crippen molar-refractivity contribution < 1.29 is 19.1 Å². The first kappa shape index (κ1) is 22.1. The van der Waals surface area contributed by atoms with Crippen molar-refractivity contribution in [3.8, 4) is 0 Å². The Morgan fingerprint density at radius 3 is 2.90 bits per heavy atom. The number of carbonyl (C=O) groups is 2. The van der Waals surface area contributed by atoms with Gasteiger partial charge >= 0.3 is 5.97 Å². The summed E-state index contributed by atoms with van der Waals surface area (Å²) in [5.74, 6) is -0.110. The molecule has 1 atom stereocenters. The predicted molar refractivity (Wildman–Crippen MR) is 119 cm³/mol.